The van der Waals surface area contributed by atoms with Gasteiger partial charge < -0.3 is 14.8 Å². The molecule has 2 rings (SSSR count). The second-order valence-electron chi connectivity index (χ2n) is 3.27. The van der Waals surface area contributed by atoms with E-state index in [4.69, 9.17) is 9.47 Å². The van der Waals surface area contributed by atoms with Gasteiger partial charge in [-0.25, -0.2) is 4.98 Å². The molecule has 84 valence electrons. The van der Waals surface area contributed by atoms with Crippen molar-refractivity contribution in [2.45, 2.75) is 12.5 Å². The van der Waals surface area contributed by atoms with E-state index in [-0.39, 0.29) is 18.5 Å². The molecule has 1 N–H and O–H groups in total. The average molecular weight is 231 g/mol. The number of hydrogen-bond donors (Lipinski definition) is 1. The highest BCUT2D eigenvalue weighted by Crippen LogP contribution is 2.18. The van der Waals surface area contributed by atoms with Crippen LogP contribution in [0, 0.1) is 0 Å². The second-order valence-corrected chi connectivity index (χ2v) is 3.27. The molecule has 1 unspecified atom stereocenters. The largest absolute Gasteiger partial charge is 0.489 e. The van der Waals surface area contributed by atoms with Gasteiger partial charge in [0.15, 0.2) is 0 Å². The van der Waals surface area contributed by atoms with Gasteiger partial charge in [-0.05, 0) is 19.0 Å². The van der Waals surface area contributed by atoms with Crippen LogP contribution in [0.3, 0.4) is 0 Å². The second kappa shape index (κ2) is 5.78. The molecular formula is C10H15ClN2O2. The summed E-state index contributed by atoms with van der Waals surface area (Å²) in [6.45, 7) is 1.96. The Balaban J connectivity index is 0.00000112. The number of aromatic nitrogens is 1. The molecule has 1 aromatic rings. The number of nitrogens with zero attached hydrogens (tertiary/aromatic N) is 1. The average Bonchev–Trinajstić information content (AvgIpc) is 2.71. The van der Waals surface area contributed by atoms with Crippen LogP contribution in [0.5, 0.6) is 11.6 Å². The van der Waals surface area contributed by atoms with Crippen molar-refractivity contribution < 1.29 is 9.47 Å². The van der Waals surface area contributed by atoms with Gasteiger partial charge >= 0.3 is 0 Å². The quantitative estimate of drug-likeness (QED) is 0.849. The lowest BCUT2D eigenvalue weighted by molar-refractivity contribution is 0.221. The molecule has 1 atom stereocenters. The normalized spacial score (nSPS) is 19.4. The number of hydrogen-bond acceptors (Lipinski definition) is 4. The molecule has 5 heteroatoms. The predicted molar refractivity (Wildman–Crippen MR) is 59.9 cm³/mol. The first-order chi connectivity index (χ1) is 6.88. The summed E-state index contributed by atoms with van der Waals surface area (Å²) in [7, 11) is 1.60. The molecule has 4 nitrogen and oxygen atoms in total. The van der Waals surface area contributed by atoms with E-state index in [1.807, 2.05) is 6.07 Å². The fourth-order valence-corrected chi connectivity index (χ4v) is 1.50. The zero-order valence-corrected chi connectivity index (χ0v) is 9.42. The minimum absolute atomic E-state index is 0. The Morgan fingerprint density at radius 3 is 3.07 bits per heavy atom. The molecule has 1 aliphatic heterocycles. The Morgan fingerprint density at radius 2 is 2.40 bits per heavy atom. The van der Waals surface area contributed by atoms with Gasteiger partial charge in [-0.2, -0.15) is 0 Å². The molecule has 1 saturated heterocycles. The molecule has 0 bridgehead atoms. The van der Waals surface area contributed by atoms with Gasteiger partial charge in [0.05, 0.1) is 7.11 Å². The third-order valence-corrected chi connectivity index (χ3v) is 2.23. The van der Waals surface area contributed by atoms with Gasteiger partial charge in [0.2, 0.25) is 5.88 Å². The van der Waals surface area contributed by atoms with Crippen LogP contribution >= 0.6 is 12.4 Å². The van der Waals surface area contributed by atoms with E-state index in [1.165, 1.54) is 0 Å². The lowest BCUT2D eigenvalue weighted by Gasteiger charge is -2.12. The smallest absolute Gasteiger partial charge is 0.216 e. The van der Waals surface area contributed by atoms with E-state index in [0.29, 0.717) is 5.88 Å². The predicted octanol–water partition coefficient (Wildman–Crippen LogP) is 1.25. The van der Waals surface area contributed by atoms with Crippen LogP contribution in [0.25, 0.3) is 0 Å². The van der Waals surface area contributed by atoms with Crippen molar-refractivity contribution in [1.82, 2.24) is 10.3 Å². The number of nitrogens with one attached hydrogen (secondary N) is 1. The number of halogens is 1. The highest BCUT2D eigenvalue weighted by Gasteiger charge is 2.15. The highest BCUT2D eigenvalue weighted by atomic mass is 35.5. The first kappa shape index (κ1) is 12.1. The van der Waals surface area contributed by atoms with Crippen molar-refractivity contribution in [2.24, 2.45) is 0 Å². The molecule has 0 saturated carbocycles. The SMILES string of the molecule is COc1cc(OC2CCNC2)ccn1.Cl. The van der Waals surface area contributed by atoms with Crippen LogP contribution in [-0.4, -0.2) is 31.3 Å². The fraction of sp³-hybridized carbons (Fsp3) is 0.500. The fourth-order valence-electron chi connectivity index (χ4n) is 1.50. The van der Waals surface area contributed by atoms with E-state index in [0.717, 1.165) is 25.3 Å². The summed E-state index contributed by atoms with van der Waals surface area (Å²) >= 11 is 0. The third-order valence-electron chi connectivity index (χ3n) is 2.23. The van der Waals surface area contributed by atoms with Crippen molar-refractivity contribution in [1.29, 1.82) is 0 Å². The monoisotopic (exact) mass is 230 g/mol. The summed E-state index contributed by atoms with van der Waals surface area (Å²) in [6, 6.07) is 3.65. The van der Waals surface area contributed by atoms with Crippen LogP contribution in [-0.2, 0) is 0 Å². The molecule has 1 aliphatic rings. The van der Waals surface area contributed by atoms with Crippen LogP contribution in [0.4, 0.5) is 0 Å². The minimum Gasteiger partial charge on any atom is -0.489 e. The van der Waals surface area contributed by atoms with E-state index in [2.05, 4.69) is 10.3 Å². The Labute approximate surface area is 95.4 Å². The molecule has 1 fully saturated rings. The Morgan fingerprint density at radius 1 is 1.53 bits per heavy atom. The van der Waals surface area contributed by atoms with Gasteiger partial charge in [0.25, 0.3) is 0 Å². The van der Waals surface area contributed by atoms with Gasteiger partial charge in [-0.3, -0.25) is 0 Å². The van der Waals surface area contributed by atoms with Crippen LogP contribution in [0.1, 0.15) is 6.42 Å². The molecule has 0 aromatic carbocycles. The molecule has 0 aliphatic carbocycles. The maximum Gasteiger partial charge on any atom is 0.216 e. The topological polar surface area (TPSA) is 43.4 Å². The third kappa shape index (κ3) is 3.25. The maximum atomic E-state index is 5.74. The molecule has 2 heterocycles. The van der Waals surface area contributed by atoms with E-state index < -0.39 is 0 Å². The molecule has 0 amide bonds. The number of rotatable bonds is 3. The maximum absolute atomic E-state index is 5.74. The highest BCUT2D eigenvalue weighted by molar-refractivity contribution is 5.85. The van der Waals surface area contributed by atoms with Crippen molar-refractivity contribution in [3.05, 3.63) is 18.3 Å². The standard InChI is InChI=1S/C10H14N2O2.ClH/c1-13-10-6-8(3-5-12-10)14-9-2-4-11-7-9;/h3,5-6,9,11H,2,4,7H2,1H3;1H. The summed E-state index contributed by atoms with van der Waals surface area (Å²) in [4.78, 5) is 4.01. The van der Waals surface area contributed by atoms with Crippen molar-refractivity contribution >= 4 is 12.4 Å². The van der Waals surface area contributed by atoms with E-state index >= 15 is 0 Å². The molecule has 0 radical (unpaired) electrons. The Bertz CT molecular complexity index is 303. The summed E-state index contributed by atoms with van der Waals surface area (Å²) in [5.74, 6) is 1.42. The molecular weight excluding hydrogens is 216 g/mol. The summed E-state index contributed by atoms with van der Waals surface area (Å²) < 4.78 is 10.7. The van der Waals surface area contributed by atoms with E-state index in [1.54, 1.807) is 19.4 Å². The van der Waals surface area contributed by atoms with Crippen molar-refractivity contribution in [3.8, 4) is 11.6 Å². The minimum atomic E-state index is 0. The van der Waals surface area contributed by atoms with Crippen molar-refractivity contribution in [2.75, 3.05) is 20.2 Å². The molecule has 15 heavy (non-hydrogen) atoms. The van der Waals surface area contributed by atoms with Gasteiger partial charge in [0.1, 0.15) is 11.9 Å². The lowest BCUT2D eigenvalue weighted by Crippen LogP contribution is -2.19. The van der Waals surface area contributed by atoms with Crippen molar-refractivity contribution in [3.63, 3.8) is 0 Å². The number of ether oxygens (including phenoxy) is 2. The lowest BCUT2D eigenvalue weighted by atomic mass is 10.3. The summed E-state index contributed by atoms with van der Waals surface area (Å²) in [6.07, 6.45) is 3.03. The number of pyridine rings is 1. The van der Waals surface area contributed by atoms with Gasteiger partial charge in [-0.15, -0.1) is 12.4 Å². The Kier molecular flexibility index (Phi) is 4.65. The van der Waals surface area contributed by atoms with Gasteiger partial charge in [-0.1, -0.05) is 0 Å². The molecule has 1 aromatic heterocycles. The Hall–Kier alpha value is -1.00. The zero-order valence-electron chi connectivity index (χ0n) is 8.60. The number of methoxy groups -OCH3 is 1. The van der Waals surface area contributed by atoms with E-state index in [9.17, 15) is 0 Å². The zero-order chi connectivity index (χ0) is 9.80. The van der Waals surface area contributed by atoms with Crippen LogP contribution < -0.4 is 14.8 Å². The van der Waals surface area contributed by atoms with Crippen LogP contribution in [0.2, 0.25) is 0 Å². The van der Waals surface area contributed by atoms with Gasteiger partial charge in [0, 0.05) is 18.8 Å². The summed E-state index contributed by atoms with van der Waals surface area (Å²) in [5.41, 5.74) is 0. The van der Waals surface area contributed by atoms with Crippen LogP contribution in [0.15, 0.2) is 18.3 Å². The first-order valence-corrected chi connectivity index (χ1v) is 4.76. The summed E-state index contributed by atoms with van der Waals surface area (Å²) in [5, 5.41) is 3.25. The first-order valence-electron chi connectivity index (χ1n) is 4.76. The molecule has 0 spiro atoms.